The Morgan fingerprint density at radius 1 is 1.11 bits per heavy atom. The molecule has 0 radical (unpaired) electrons. The van der Waals surface area contributed by atoms with Crippen LogP contribution in [0.25, 0.3) is 6.08 Å². The predicted molar refractivity (Wildman–Crippen MR) is 80.6 cm³/mol. The van der Waals surface area contributed by atoms with Gasteiger partial charge in [-0.25, -0.2) is 0 Å². The largest absolute Gasteiger partial charge is 0.289 e. The van der Waals surface area contributed by atoms with Crippen LogP contribution in [0.15, 0.2) is 54.6 Å². The molecule has 0 aliphatic carbocycles. The van der Waals surface area contributed by atoms with Crippen molar-refractivity contribution in [1.29, 1.82) is 0 Å². The molecule has 0 saturated heterocycles. The van der Waals surface area contributed by atoms with Crippen LogP contribution in [-0.4, -0.2) is 5.78 Å². The molecule has 0 heterocycles. The monoisotopic (exact) mass is 270 g/mol. The summed E-state index contributed by atoms with van der Waals surface area (Å²) in [6.07, 6.45) is 4.38. The van der Waals surface area contributed by atoms with Gasteiger partial charge in [-0.1, -0.05) is 61.0 Å². The van der Waals surface area contributed by atoms with Crippen LogP contribution in [0.5, 0.6) is 0 Å². The first kappa shape index (κ1) is 13.6. The molecule has 0 atom stereocenters. The third-order valence-corrected chi connectivity index (χ3v) is 3.28. The van der Waals surface area contributed by atoms with Gasteiger partial charge in [-0.15, -0.1) is 0 Å². The number of ketones is 1. The number of rotatable bonds is 4. The molecule has 0 fully saturated rings. The van der Waals surface area contributed by atoms with Gasteiger partial charge in [0.05, 0.1) is 5.02 Å². The average Bonchev–Trinajstić information content (AvgIpc) is 2.46. The Balaban J connectivity index is 2.14. The van der Waals surface area contributed by atoms with E-state index in [9.17, 15) is 4.79 Å². The first-order chi connectivity index (χ1) is 9.20. The molecule has 0 aliphatic rings. The number of carbonyl (C=O) groups is 1. The van der Waals surface area contributed by atoms with E-state index >= 15 is 0 Å². The molecule has 0 aromatic heterocycles. The molecular formula is C17H15ClO. The highest BCUT2D eigenvalue weighted by Gasteiger charge is 2.05. The normalized spacial score (nSPS) is 10.8. The highest BCUT2D eigenvalue weighted by molar-refractivity contribution is 6.34. The Hall–Kier alpha value is -1.86. The second-order valence-corrected chi connectivity index (χ2v) is 4.68. The molecule has 96 valence electrons. The summed E-state index contributed by atoms with van der Waals surface area (Å²) >= 11 is 5.99. The lowest BCUT2D eigenvalue weighted by Crippen LogP contribution is -1.94. The molecule has 0 amide bonds. The Labute approximate surface area is 118 Å². The number of benzene rings is 2. The summed E-state index contributed by atoms with van der Waals surface area (Å²) < 4.78 is 0. The van der Waals surface area contributed by atoms with Crippen molar-refractivity contribution in [2.45, 2.75) is 13.3 Å². The van der Waals surface area contributed by atoms with Crippen LogP contribution in [0.1, 0.15) is 28.4 Å². The van der Waals surface area contributed by atoms with E-state index in [1.807, 2.05) is 30.3 Å². The zero-order chi connectivity index (χ0) is 13.7. The van der Waals surface area contributed by atoms with E-state index in [0.29, 0.717) is 10.6 Å². The van der Waals surface area contributed by atoms with E-state index in [-0.39, 0.29) is 5.78 Å². The molecular weight excluding hydrogens is 256 g/mol. The van der Waals surface area contributed by atoms with Crippen LogP contribution in [0.3, 0.4) is 0 Å². The molecule has 0 bridgehead atoms. The second-order valence-electron chi connectivity index (χ2n) is 4.27. The fourth-order valence-electron chi connectivity index (χ4n) is 1.79. The smallest absolute Gasteiger partial charge is 0.187 e. The fraction of sp³-hybridized carbons (Fsp3) is 0.118. The topological polar surface area (TPSA) is 17.1 Å². The van der Waals surface area contributed by atoms with E-state index in [1.54, 1.807) is 18.2 Å². The van der Waals surface area contributed by atoms with Gasteiger partial charge in [0.15, 0.2) is 5.78 Å². The first-order valence-electron chi connectivity index (χ1n) is 6.26. The summed E-state index contributed by atoms with van der Waals surface area (Å²) in [4.78, 5) is 12.0. The van der Waals surface area contributed by atoms with E-state index in [0.717, 1.165) is 12.0 Å². The molecule has 1 nitrogen and oxygen atoms in total. The lowest BCUT2D eigenvalue weighted by molar-refractivity contribution is 0.104. The Morgan fingerprint density at radius 3 is 2.42 bits per heavy atom. The van der Waals surface area contributed by atoms with Gasteiger partial charge in [0.2, 0.25) is 0 Å². The van der Waals surface area contributed by atoms with Crippen molar-refractivity contribution in [3.05, 3.63) is 76.3 Å². The molecule has 2 heteroatoms. The minimum absolute atomic E-state index is 0.0785. The number of aryl methyl sites for hydroxylation is 1. The van der Waals surface area contributed by atoms with E-state index in [1.165, 1.54) is 5.56 Å². The van der Waals surface area contributed by atoms with Crippen molar-refractivity contribution in [3.8, 4) is 0 Å². The van der Waals surface area contributed by atoms with E-state index in [4.69, 9.17) is 11.6 Å². The summed E-state index contributed by atoms with van der Waals surface area (Å²) in [5.74, 6) is -0.0785. The standard InChI is InChI=1S/C17H15ClO/c1-2-13-7-9-14(10-8-13)11-12-17(19)15-5-3-4-6-16(15)18/h3-12H,2H2,1H3. The molecule has 2 aromatic carbocycles. The Morgan fingerprint density at radius 2 is 1.79 bits per heavy atom. The van der Waals surface area contributed by atoms with Crippen LogP contribution < -0.4 is 0 Å². The third-order valence-electron chi connectivity index (χ3n) is 2.95. The summed E-state index contributed by atoms with van der Waals surface area (Å²) in [6, 6.07) is 15.2. The molecule has 0 aliphatic heterocycles. The van der Waals surface area contributed by atoms with Crippen molar-refractivity contribution >= 4 is 23.5 Å². The third kappa shape index (κ3) is 3.55. The van der Waals surface area contributed by atoms with Gasteiger partial charge in [-0.2, -0.15) is 0 Å². The van der Waals surface area contributed by atoms with Gasteiger partial charge in [-0.05, 0) is 35.8 Å². The van der Waals surface area contributed by atoms with Crippen molar-refractivity contribution < 1.29 is 4.79 Å². The second kappa shape index (κ2) is 6.35. The maximum Gasteiger partial charge on any atom is 0.187 e. The van der Waals surface area contributed by atoms with Crippen molar-refractivity contribution in [1.82, 2.24) is 0 Å². The maximum atomic E-state index is 12.0. The van der Waals surface area contributed by atoms with Crippen LogP contribution in [0, 0.1) is 0 Å². The van der Waals surface area contributed by atoms with Gasteiger partial charge in [0.25, 0.3) is 0 Å². The molecule has 0 saturated carbocycles. The summed E-state index contributed by atoms with van der Waals surface area (Å²) in [7, 11) is 0. The highest BCUT2D eigenvalue weighted by atomic mass is 35.5. The zero-order valence-corrected chi connectivity index (χ0v) is 11.5. The SMILES string of the molecule is CCc1ccc(C=CC(=O)c2ccccc2Cl)cc1. The summed E-state index contributed by atoms with van der Waals surface area (Å²) in [6.45, 7) is 2.12. The first-order valence-corrected chi connectivity index (χ1v) is 6.64. The molecule has 2 rings (SSSR count). The van der Waals surface area contributed by atoms with Crippen molar-refractivity contribution in [2.24, 2.45) is 0 Å². The van der Waals surface area contributed by atoms with Crippen LogP contribution >= 0.6 is 11.6 Å². The molecule has 2 aromatic rings. The van der Waals surface area contributed by atoms with Gasteiger partial charge in [0.1, 0.15) is 0 Å². The Bertz CT molecular complexity index is 597. The van der Waals surface area contributed by atoms with E-state index in [2.05, 4.69) is 19.1 Å². The number of halogens is 1. The van der Waals surface area contributed by atoms with E-state index < -0.39 is 0 Å². The number of hydrogen-bond donors (Lipinski definition) is 0. The van der Waals surface area contributed by atoms with Crippen LogP contribution in [0.4, 0.5) is 0 Å². The maximum absolute atomic E-state index is 12.0. The van der Waals surface area contributed by atoms with Crippen LogP contribution in [0.2, 0.25) is 5.02 Å². The summed E-state index contributed by atoms with van der Waals surface area (Å²) in [5.41, 5.74) is 2.83. The lowest BCUT2D eigenvalue weighted by atomic mass is 10.1. The highest BCUT2D eigenvalue weighted by Crippen LogP contribution is 2.16. The zero-order valence-electron chi connectivity index (χ0n) is 10.8. The summed E-state index contributed by atoms with van der Waals surface area (Å²) in [5, 5.41) is 0.485. The minimum Gasteiger partial charge on any atom is -0.289 e. The van der Waals surface area contributed by atoms with Gasteiger partial charge >= 0.3 is 0 Å². The number of hydrogen-bond acceptors (Lipinski definition) is 1. The van der Waals surface area contributed by atoms with Gasteiger partial charge in [-0.3, -0.25) is 4.79 Å². The quantitative estimate of drug-likeness (QED) is 0.576. The van der Waals surface area contributed by atoms with Gasteiger partial charge in [0, 0.05) is 5.56 Å². The average molecular weight is 271 g/mol. The number of allylic oxidation sites excluding steroid dienone is 1. The molecule has 0 unspecified atom stereocenters. The minimum atomic E-state index is -0.0785. The molecule has 0 N–H and O–H groups in total. The van der Waals surface area contributed by atoms with Crippen molar-refractivity contribution in [3.63, 3.8) is 0 Å². The predicted octanol–water partition coefficient (Wildman–Crippen LogP) is 4.80. The molecule has 0 spiro atoms. The van der Waals surface area contributed by atoms with Crippen molar-refractivity contribution in [2.75, 3.05) is 0 Å². The molecule has 19 heavy (non-hydrogen) atoms. The lowest BCUT2D eigenvalue weighted by Gasteiger charge is -1.99. The Kier molecular flexibility index (Phi) is 4.53. The van der Waals surface area contributed by atoms with Crippen LogP contribution in [-0.2, 0) is 6.42 Å². The fourth-order valence-corrected chi connectivity index (χ4v) is 2.02. The van der Waals surface area contributed by atoms with Gasteiger partial charge < -0.3 is 0 Å². The number of carbonyl (C=O) groups excluding carboxylic acids is 1.